The number of halogens is 1. The highest BCUT2D eigenvalue weighted by Gasteiger charge is 2.25. The summed E-state index contributed by atoms with van der Waals surface area (Å²) in [5.74, 6) is -1.33. The van der Waals surface area contributed by atoms with Gasteiger partial charge in [0.15, 0.2) is 11.9 Å². The number of amides is 1. The van der Waals surface area contributed by atoms with Crippen LogP contribution in [0.15, 0.2) is 48.5 Å². The van der Waals surface area contributed by atoms with Crippen LogP contribution < -0.4 is 5.32 Å². The van der Waals surface area contributed by atoms with E-state index in [1.807, 2.05) is 0 Å². The number of ether oxygens (including phenoxy) is 1. The molecule has 0 saturated heterocycles. The fourth-order valence-electron chi connectivity index (χ4n) is 3.28. The molecule has 6 heteroatoms. The zero-order chi connectivity index (χ0) is 20.1. The van der Waals surface area contributed by atoms with Crippen molar-refractivity contribution in [3.05, 3.63) is 70.2 Å². The molecular weight excluding hydrogens is 378 g/mol. The highest BCUT2D eigenvalue weighted by Crippen LogP contribution is 2.20. The third-order valence-corrected chi connectivity index (χ3v) is 5.10. The van der Waals surface area contributed by atoms with Crippen molar-refractivity contribution in [1.29, 1.82) is 0 Å². The molecule has 1 N–H and O–H groups in total. The van der Waals surface area contributed by atoms with Gasteiger partial charge >= 0.3 is 5.97 Å². The molecule has 0 aromatic heterocycles. The lowest BCUT2D eigenvalue weighted by atomic mass is 9.98. The zero-order valence-electron chi connectivity index (χ0n) is 15.6. The standard InChI is InChI=1S/C22H22ClNO4/c1-14(21(26)24-17-6-2-3-7-17)28-22(27)19-9-5-4-8-18(19)20(25)15-10-12-16(23)13-11-15/h4-5,8-14,17H,2-3,6-7H2,1H3,(H,24,26)/t14-/m1/s1. The van der Waals surface area contributed by atoms with E-state index < -0.39 is 12.1 Å². The maximum absolute atomic E-state index is 12.8. The van der Waals surface area contributed by atoms with E-state index in [1.165, 1.54) is 13.0 Å². The molecule has 3 rings (SSSR count). The second-order valence-corrected chi connectivity index (χ2v) is 7.36. The first kappa shape index (κ1) is 20.1. The van der Waals surface area contributed by atoms with Gasteiger partial charge in [-0.25, -0.2) is 4.79 Å². The van der Waals surface area contributed by atoms with Crippen molar-refractivity contribution in [2.24, 2.45) is 0 Å². The third-order valence-electron chi connectivity index (χ3n) is 4.85. The van der Waals surface area contributed by atoms with Gasteiger partial charge in [-0.15, -0.1) is 0 Å². The van der Waals surface area contributed by atoms with Crippen molar-refractivity contribution >= 4 is 29.3 Å². The Kier molecular flexibility index (Phi) is 6.47. The van der Waals surface area contributed by atoms with Crippen LogP contribution in [0.2, 0.25) is 5.02 Å². The molecule has 1 aliphatic rings. The number of nitrogens with one attached hydrogen (secondary N) is 1. The molecule has 0 unspecified atom stereocenters. The minimum atomic E-state index is -0.938. The van der Waals surface area contributed by atoms with Crippen LogP contribution in [0.3, 0.4) is 0 Å². The van der Waals surface area contributed by atoms with Gasteiger partial charge in [0, 0.05) is 22.2 Å². The molecule has 0 bridgehead atoms. The lowest BCUT2D eigenvalue weighted by Gasteiger charge is -2.17. The summed E-state index contributed by atoms with van der Waals surface area (Å²) in [5, 5.41) is 3.43. The smallest absolute Gasteiger partial charge is 0.339 e. The molecule has 1 aliphatic carbocycles. The fourth-order valence-corrected chi connectivity index (χ4v) is 3.41. The highest BCUT2D eigenvalue weighted by molar-refractivity contribution is 6.30. The summed E-state index contributed by atoms with van der Waals surface area (Å²) in [6.07, 6.45) is 3.15. The van der Waals surface area contributed by atoms with E-state index in [9.17, 15) is 14.4 Å². The average molecular weight is 400 g/mol. The Balaban J connectivity index is 1.72. The number of carbonyl (C=O) groups excluding carboxylic acids is 3. The SMILES string of the molecule is C[C@@H](OC(=O)c1ccccc1C(=O)c1ccc(Cl)cc1)C(=O)NC1CCCC1. The van der Waals surface area contributed by atoms with E-state index in [4.69, 9.17) is 16.3 Å². The number of hydrogen-bond acceptors (Lipinski definition) is 4. The van der Waals surface area contributed by atoms with Gasteiger partial charge in [-0.1, -0.05) is 42.6 Å². The summed E-state index contributed by atoms with van der Waals surface area (Å²) in [7, 11) is 0. The van der Waals surface area contributed by atoms with Crippen LogP contribution in [-0.2, 0) is 9.53 Å². The van der Waals surface area contributed by atoms with E-state index in [1.54, 1.807) is 42.5 Å². The largest absolute Gasteiger partial charge is 0.449 e. The molecule has 1 saturated carbocycles. The van der Waals surface area contributed by atoms with Crippen LogP contribution in [0.4, 0.5) is 0 Å². The maximum atomic E-state index is 12.8. The van der Waals surface area contributed by atoms with Crippen molar-refractivity contribution in [2.45, 2.75) is 44.8 Å². The minimum absolute atomic E-state index is 0.128. The maximum Gasteiger partial charge on any atom is 0.339 e. The van der Waals surface area contributed by atoms with Crippen molar-refractivity contribution < 1.29 is 19.1 Å². The number of carbonyl (C=O) groups is 3. The zero-order valence-corrected chi connectivity index (χ0v) is 16.4. The molecule has 0 aliphatic heterocycles. The van der Waals surface area contributed by atoms with E-state index in [0.29, 0.717) is 10.6 Å². The Morgan fingerprint density at radius 2 is 1.61 bits per heavy atom. The first-order valence-electron chi connectivity index (χ1n) is 9.36. The lowest BCUT2D eigenvalue weighted by Crippen LogP contribution is -2.41. The molecular formula is C22H22ClNO4. The van der Waals surface area contributed by atoms with Crippen molar-refractivity contribution in [1.82, 2.24) is 5.32 Å². The van der Waals surface area contributed by atoms with Crippen LogP contribution in [0.25, 0.3) is 0 Å². The Hall–Kier alpha value is -2.66. The first-order chi connectivity index (χ1) is 13.5. The summed E-state index contributed by atoms with van der Waals surface area (Å²) in [4.78, 5) is 37.7. The van der Waals surface area contributed by atoms with E-state index >= 15 is 0 Å². The normalized spacial score (nSPS) is 15.1. The Morgan fingerprint density at radius 3 is 2.25 bits per heavy atom. The quantitative estimate of drug-likeness (QED) is 0.584. The Morgan fingerprint density at radius 1 is 1.00 bits per heavy atom. The summed E-state index contributed by atoms with van der Waals surface area (Å²) < 4.78 is 5.33. The number of esters is 1. The number of ketones is 1. The van der Waals surface area contributed by atoms with Crippen molar-refractivity contribution in [2.75, 3.05) is 0 Å². The second-order valence-electron chi connectivity index (χ2n) is 6.92. The molecule has 146 valence electrons. The number of benzene rings is 2. The van der Waals surface area contributed by atoms with Gasteiger partial charge in [-0.2, -0.15) is 0 Å². The molecule has 2 aromatic carbocycles. The molecule has 0 spiro atoms. The summed E-state index contributed by atoms with van der Waals surface area (Å²) >= 11 is 5.87. The predicted molar refractivity (Wildman–Crippen MR) is 107 cm³/mol. The monoisotopic (exact) mass is 399 g/mol. The van der Waals surface area contributed by atoms with Crippen LogP contribution in [-0.4, -0.2) is 29.8 Å². The predicted octanol–water partition coefficient (Wildman–Crippen LogP) is 4.18. The average Bonchev–Trinajstić information content (AvgIpc) is 3.21. The molecule has 0 radical (unpaired) electrons. The molecule has 1 amide bonds. The van der Waals surface area contributed by atoms with Gasteiger partial charge < -0.3 is 10.1 Å². The third kappa shape index (κ3) is 4.78. The van der Waals surface area contributed by atoms with E-state index in [2.05, 4.69) is 5.32 Å². The lowest BCUT2D eigenvalue weighted by molar-refractivity contribution is -0.129. The number of hydrogen-bond donors (Lipinski definition) is 1. The first-order valence-corrected chi connectivity index (χ1v) is 9.74. The molecule has 1 fully saturated rings. The minimum Gasteiger partial charge on any atom is -0.449 e. The molecule has 0 heterocycles. The van der Waals surface area contributed by atoms with Gasteiger partial charge in [0.2, 0.25) is 0 Å². The van der Waals surface area contributed by atoms with Gasteiger partial charge in [-0.05, 0) is 50.1 Å². The van der Waals surface area contributed by atoms with Crippen LogP contribution >= 0.6 is 11.6 Å². The van der Waals surface area contributed by atoms with Crippen molar-refractivity contribution in [3.63, 3.8) is 0 Å². The van der Waals surface area contributed by atoms with Gasteiger partial charge in [-0.3, -0.25) is 9.59 Å². The van der Waals surface area contributed by atoms with Crippen LogP contribution in [0.5, 0.6) is 0 Å². The fraction of sp³-hybridized carbons (Fsp3) is 0.318. The van der Waals surface area contributed by atoms with Crippen molar-refractivity contribution in [3.8, 4) is 0 Å². The highest BCUT2D eigenvalue weighted by atomic mass is 35.5. The Labute approximate surface area is 169 Å². The molecule has 28 heavy (non-hydrogen) atoms. The van der Waals surface area contributed by atoms with Gasteiger partial charge in [0.05, 0.1) is 5.56 Å². The van der Waals surface area contributed by atoms with Crippen LogP contribution in [0.1, 0.15) is 58.9 Å². The van der Waals surface area contributed by atoms with Gasteiger partial charge in [0.1, 0.15) is 0 Å². The summed E-state index contributed by atoms with van der Waals surface area (Å²) in [6.45, 7) is 1.53. The topological polar surface area (TPSA) is 72.5 Å². The Bertz CT molecular complexity index is 872. The van der Waals surface area contributed by atoms with Gasteiger partial charge in [0.25, 0.3) is 5.91 Å². The summed E-state index contributed by atoms with van der Waals surface area (Å²) in [6, 6.07) is 13.0. The molecule has 2 aromatic rings. The van der Waals surface area contributed by atoms with Crippen LogP contribution in [0, 0.1) is 0 Å². The molecule has 1 atom stereocenters. The van der Waals surface area contributed by atoms with E-state index in [0.717, 1.165) is 25.7 Å². The number of rotatable bonds is 6. The summed E-state index contributed by atoms with van der Waals surface area (Å²) in [5.41, 5.74) is 0.762. The molecule has 5 nitrogen and oxygen atoms in total. The van der Waals surface area contributed by atoms with E-state index in [-0.39, 0.29) is 28.9 Å². The second kappa shape index (κ2) is 9.02.